The summed E-state index contributed by atoms with van der Waals surface area (Å²) in [6.45, 7) is 3.06. The van der Waals surface area contributed by atoms with Gasteiger partial charge in [-0.1, -0.05) is 23.7 Å². The quantitative estimate of drug-likeness (QED) is 0.609. The fourth-order valence-electron chi connectivity index (χ4n) is 1.73. The molecule has 0 saturated heterocycles. The van der Waals surface area contributed by atoms with Crippen molar-refractivity contribution in [2.75, 3.05) is 33.4 Å². The first-order chi connectivity index (χ1) is 9.94. The second-order valence-corrected chi connectivity index (χ2v) is 5.67. The second-order valence-electron chi connectivity index (χ2n) is 5.27. The highest BCUT2D eigenvalue weighted by atomic mass is 35.5. The maximum Gasteiger partial charge on any atom is 0.138 e. The Bertz CT molecular complexity index is 414. The molecule has 0 aliphatic heterocycles. The lowest BCUT2D eigenvalue weighted by Gasteiger charge is -2.24. The standard InChI is InChI=1S/C15H24ClNO4/c1-15(19,7-8-20-2)11-17-9-12(18)10-21-14-6-4-3-5-13(14)16/h3-6,12,17-19H,7-11H2,1-2H3. The van der Waals surface area contributed by atoms with Crippen LogP contribution in [0.1, 0.15) is 13.3 Å². The molecule has 1 aromatic carbocycles. The number of benzene rings is 1. The molecule has 2 unspecified atom stereocenters. The number of para-hydroxylation sites is 1. The molecule has 21 heavy (non-hydrogen) atoms. The average molecular weight is 318 g/mol. The first-order valence-electron chi connectivity index (χ1n) is 6.92. The summed E-state index contributed by atoms with van der Waals surface area (Å²) >= 11 is 5.95. The molecule has 2 atom stereocenters. The SMILES string of the molecule is COCCC(C)(O)CNCC(O)COc1ccccc1Cl. The van der Waals surface area contributed by atoms with E-state index in [1.807, 2.05) is 12.1 Å². The molecule has 1 aromatic rings. The molecular weight excluding hydrogens is 294 g/mol. The predicted octanol–water partition coefficient (Wildman–Crippen LogP) is 1.46. The van der Waals surface area contributed by atoms with Crippen LogP contribution in [0.2, 0.25) is 5.02 Å². The summed E-state index contributed by atoms with van der Waals surface area (Å²) in [5.74, 6) is 0.547. The number of halogens is 1. The van der Waals surface area contributed by atoms with Crippen molar-refractivity contribution >= 4 is 11.6 Å². The van der Waals surface area contributed by atoms with Crippen LogP contribution in [0.4, 0.5) is 0 Å². The summed E-state index contributed by atoms with van der Waals surface area (Å²) in [4.78, 5) is 0. The first kappa shape index (κ1) is 18.2. The Balaban J connectivity index is 2.22. The largest absolute Gasteiger partial charge is 0.489 e. The van der Waals surface area contributed by atoms with Crippen LogP contribution in [0.25, 0.3) is 0 Å². The lowest BCUT2D eigenvalue weighted by atomic mass is 10.0. The van der Waals surface area contributed by atoms with Gasteiger partial charge in [0.1, 0.15) is 18.5 Å². The van der Waals surface area contributed by atoms with Crippen LogP contribution in [0.5, 0.6) is 5.75 Å². The van der Waals surface area contributed by atoms with Crippen molar-refractivity contribution in [2.24, 2.45) is 0 Å². The minimum Gasteiger partial charge on any atom is -0.489 e. The molecule has 5 nitrogen and oxygen atoms in total. The average Bonchev–Trinajstić information content (AvgIpc) is 2.44. The summed E-state index contributed by atoms with van der Waals surface area (Å²) in [6.07, 6.45) is -0.151. The summed E-state index contributed by atoms with van der Waals surface area (Å²) in [5, 5.41) is 23.4. The number of aliphatic hydroxyl groups excluding tert-OH is 1. The smallest absolute Gasteiger partial charge is 0.138 e. The Morgan fingerprint density at radius 2 is 2.10 bits per heavy atom. The summed E-state index contributed by atoms with van der Waals surface area (Å²) in [5.41, 5.74) is -0.862. The monoisotopic (exact) mass is 317 g/mol. The number of methoxy groups -OCH3 is 1. The van der Waals surface area contributed by atoms with Crippen LogP contribution in [-0.2, 0) is 4.74 Å². The summed E-state index contributed by atoms with van der Waals surface area (Å²) in [7, 11) is 1.60. The highest BCUT2D eigenvalue weighted by Crippen LogP contribution is 2.23. The van der Waals surface area contributed by atoms with Gasteiger partial charge in [0.25, 0.3) is 0 Å². The van der Waals surface area contributed by atoms with Crippen LogP contribution < -0.4 is 10.1 Å². The number of hydrogen-bond acceptors (Lipinski definition) is 5. The maximum absolute atomic E-state index is 10.0. The van der Waals surface area contributed by atoms with Crippen LogP contribution >= 0.6 is 11.6 Å². The van der Waals surface area contributed by atoms with E-state index in [4.69, 9.17) is 21.1 Å². The van der Waals surface area contributed by atoms with Crippen LogP contribution in [0, 0.1) is 0 Å². The molecular formula is C15H24ClNO4. The molecule has 0 radical (unpaired) electrons. The highest BCUT2D eigenvalue weighted by Gasteiger charge is 2.19. The molecule has 0 fully saturated rings. The Labute approximate surface area is 130 Å². The molecule has 0 aliphatic rings. The van der Waals surface area contributed by atoms with Crippen LogP contribution in [-0.4, -0.2) is 55.3 Å². The van der Waals surface area contributed by atoms with Gasteiger partial charge in [0, 0.05) is 33.2 Å². The lowest BCUT2D eigenvalue weighted by molar-refractivity contribution is 0.0208. The molecule has 120 valence electrons. The molecule has 0 amide bonds. The van der Waals surface area contributed by atoms with Gasteiger partial charge in [0.15, 0.2) is 0 Å². The van der Waals surface area contributed by atoms with Gasteiger partial charge in [0.05, 0.1) is 10.6 Å². The summed E-state index contributed by atoms with van der Waals surface area (Å²) < 4.78 is 10.4. The number of rotatable bonds is 10. The topological polar surface area (TPSA) is 71.0 Å². The number of aliphatic hydroxyl groups is 2. The third-order valence-electron chi connectivity index (χ3n) is 3.00. The van der Waals surface area contributed by atoms with E-state index in [1.165, 1.54) is 0 Å². The molecule has 0 aromatic heterocycles. The molecule has 6 heteroatoms. The van der Waals surface area contributed by atoms with Crippen molar-refractivity contribution in [3.8, 4) is 5.75 Å². The van der Waals surface area contributed by atoms with Crippen molar-refractivity contribution in [1.29, 1.82) is 0 Å². The van der Waals surface area contributed by atoms with Gasteiger partial charge in [-0.25, -0.2) is 0 Å². The number of nitrogens with one attached hydrogen (secondary N) is 1. The zero-order chi connectivity index (χ0) is 15.7. The van der Waals surface area contributed by atoms with Crippen molar-refractivity contribution in [2.45, 2.75) is 25.0 Å². The van der Waals surface area contributed by atoms with Gasteiger partial charge in [-0.05, 0) is 19.1 Å². The molecule has 0 spiro atoms. The first-order valence-corrected chi connectivity index (χ1v) is 7.30. The minimum atomic E-state index is -0.862. The zero-order valence-corrected chi connectivity index (χ0v) is 13.3. The van der Waals surface area contributed by atoms with Gasteiger partial charge >= 0.3 is 0 Å². The van der Waals surface area contributed by atoms with Gasteiger partial charge in [-0.3, -0.25) is 0 Å². The van der Waals surface area contributed by atoms with E-state index >= 15 is 0 Å². The van der Waals surface area contributed by atoms with Crippen molar-refractivity contribution < 1.29 is 19.7 Å². The van der Waals surface area contributed by atoms with E-state index in [0.29, 0.717) is 36.9 Å². The van der Waals surface area contributed by atoms with Gasteiger partial charge < -0.3 is 25.0 Å². The predicted molar refractivity (Wildman–Crippen MR) is 82.9 cm³/mol. The van der Waals surface area contributed by atoms with E-state index < -0.39 is 11.7 Å². The molecule has 0 aliphatic carbocycles. The Kier molecular flexibility index (Phi) is 8.00. The fourth-order valence-corrected chi connectivity index (χ4v) is 1.92. The Morgan fingerprint density at radius 3 is 2.76 bits per heavy atom. The van der Waals surface area contributed by atoms with E-state index in [1.54, 1.807) is 26.2 Å². The molecule has 1 rings (SSSR count). The van der Waals surface area contributed by atoms with Gasteiger partial charge in [0.2, 0.25) is 0 Å². The number of ether oxygens (including phenoxy) is 2. The molecule has 3 N–H and O–H groups in total. The Morgan fingerprint density at radius 1 is 1.38 bits per heavy atom. The zero-order valence-electron chi connectivity index (χ0n) is 12.5. The molecule has 0 heterocycles. The summed E-state index contributed by atoms with van der Waals surface area (Å²) in [6, 6.07) is 7.11. The third kappa shape index (κ3) is 7.64. The van der Waals surface area contributed by atoms with Gasteiger partial charge in [-0.15, -0.1) is 0 Å². The minimum absolute atomic E-state index is 0.136. The van der Waals surface area contributed by atoms with E-state index in [9.17, 15) is 10.2 Å². The lowest BCUT2D eigenvalue weighted by Crippen LogP contribution is -2.42. The van der Waals surface area contributed by atoms with E-state index in [-0.39, 0.29) is 6.61 Å². The third-order valence-corrected chi connectivity index (χ3v) is 3.31. The van der Waals surface area contributed by atoms with E-state index in [2.05, 4.69) is 5.32 Å². The van der Waals surface area contributed by atoms with Gasteiger partial charge in [-0.2, -0.15) is 0 Å². The van der Waals surface area contributed by atoms with Crippen molar-refractivity contribution in [3.05, 3.63) is 29.3 Å². The Hall–Kier alpha value is -0.850. The van der Waals surface area contributed by atoms with Crippen molar-refractivity contribution in [1.82, 2.24) is 5.32 Å². The molecule has 0 saturated carbocycles. The van der Waals surface area contributed by atoms with Crippen molar-refractivity contribution in [3.63, 3.8) is 0 Å². The molecule has 0 bridgehead atoms. The van der Waals surface area contributed by atoms with E-state index in [0.717, 1.165) is 0 Å². The number of hydrogen-bond donors (Lipinski definition) is 3. The highest BCUT2D eigenvalue weighted by molar-refractivity contribution is 6.32. The van der Waals surface area contributed by atoms with Crippen LogP contribution in [0.3, 0.4) is 0 Å². The second kappa shape index (κ2) is 9.23. The fraction of sp³-hybridized carbons (Fsp3) is 0.600. The maximum atomic E-state index is 10.0. The normalized spacial score (nSPS) is 15.5. The van der Waals surface area contributed by atoms with Crippen LogP contribution in [0.15, 0.2) is 24.3 Å².